The number of ether oxygens (including phenoxy) is 2. The topological polar surface area (TPSA) is 69.5 Å². The molecule has 0 unspecified atom stereocenters. The first-order valence-corrected chi connectivity index (χ1v) is 9.66. The molecule has 2 heterocycles. The van der Waals surface area contributed by atoms with E-state index in [9.17, 15) is 4.79 Å². The Labute approximate surface area is 159 Å². The Hall–Kier alpha value is -2.41. The molecule has 2 fully saturated rings. The average molecular weight is 370 g/mol. The quantitative estimate of drug-likeness (QED) is 0.782. The highest BCUT2D eigenvalue weighted by atomic mass is 16.5. The van der Waals surface area contributed by atoms with Crippen molar-refractivity contribution in [2.45, 2.75) is 57.8 Å². The van der Waals surface area contributed by atoms with Crippen molar-refractivity contribution in [1.29, 1.82) is 0 Å². The summed E-state index contributed by atoms with van der Waals surface area (Å²) in [5, 5.41) is 4.58. The number of hydrogen-bond acceptors (Lipinski definition) is 5. The van der Waals surface area contributed by atoms with Crippen molar-refractivity contribution in [3.05, 3.63) is 41.5 Å². The average Bonchev–Trinajstić information content (AvgIpc) is 3.46. The molecule has 0 N–H and O–H groups in total. The first-order chi connectivity index (χ1) is 13.2. The summed E-state index contributed by atoms with van der Waals surface area (Å²) in [5.41, 5.74) is 1.03. The van der Waals surface area contributed by atoms with Gasteiger partial charge in [-0.25, -0.2) is 9.67 Å². The number of benzene rings is 1. The number of hydrogen-bond donors (Lipinski definition) is 0. The Morgan fingerprint density at radius 3 is 2.56 bits per heavy atom. The summed E-state index contributed by atoms with van der Waals surface area (Å²) in [4.78, 5) is 19.5. The second-order valence-corrected chi connectivity index (χ2v) is 7.04. The van der Waals surface area contributed by atoms with E-state index in [0.717, 1.165) is 48.8 Å². The van der Waals surface area contributed by atoms with Crippen molar-refractivity contribution in [2.75, 3.05) is 13.7 Å². The lowest BCUT2D eigenvalue weighted by Gasteiger charge is -2.41. The highest BCUT2D eigenvalue weighted by Crippen LogP contribution is 2.45. The second kappa shape index (κ2) is 7.31. The van der Waals surface area contributed by atoms with Gasteiger partial charge in [0.15, 0.2) is 11.6 Å². The lowest BCUT2D eigenvalue weighted by Crippen LogP contribution is -2.47. The fourth-order valence-corrected chi connectivity index (χ4v) is 3.76. The lowest BCUT2D eigenvalue weighted by molar-refractivity contribution is -0.160. The maximum absolute atomic E-state index is 12.7. The maximum atomic E-state index is 12.7. The zero-order valence-electron chi connectivity index (χ0n) is 16.1. The predicted molar refractivity (Wildman–Crippen MR) is 99.4 cm³/mol. The molecule has 1 aliphatic heterocycles. The van der Waals surface area contributed by atoms with Crippen LogP contribution in [-0.4, -0.2) is 45.3 Å². The molecule has 2 aliphatic rings. The van der Waals surface area contributed by atoms with E-state index >= 15 is 0 Å². The lowest BCUT2D eigenvalue weighted by atomic mass is 9.96. The molecule has 1 aliphatic carbocycles. The van der Waals surface area contributed by atoms with Gasteiger partial charge in [0, 0.05) is 19.0 Å². The van der Waals surface area contributed by atoms with Crippen LogP contribution < -0.4 is 4.74 Å². The van der Waals surface area contributed by atoms with Crippen LogP contribution in [0.1, 0.15) is 56.0 Å². The fraction of sp³-hybridized carbons (Fsp3) is 0.550. The smallest absolute Gasteiger partial charge is 0.249 e. The van der Waals surface area contributed by atoms with E-state index in [1.807, 2.05) is 47.7 Å². The number of amides is 1. The van der Waals surface area contributed by atoms with Gasteiger partial charge in [0.05, 0.1) is 13.2 Å². The Bertz CT molecular complexity index is 813. The van der Waals surface area contributed by atoms with Gasteiger partial charge in [-0.3, -0.25) is 4.79 Å². The largest absolute Gasteiger partial charge is 0.497 e. The summed E-state index contributed by atoms with van der Waals surface area (Å²) < 4.78 is 13.3. The molecular weight excluding hydrogens is 344 g/mol. The Balaban J connectivity index is 1.78. The molecule has 0 spiro atoms. The minimum absolute atomic E-state index is 0.0489. The van der Waals surface area contributed by atoms with E-state index in [-0.39, 0.29) is 24.7 Å². The van der Waals surface area contributed by atoms with Crippen LogP contribution in [0.3, 0.4) is 0 Å². The number of morpholine rings is 1. The second-order valence-electron chi connectivity index (χ2n) is 7.04. The Morgan fingerprint density at radius 1 is 1.22 bits per heavy atom. The van der Waals surface area contributed by atoms with E-state index in [1.165, 1.54) is 0 Å². The van der Waals surface area contributed by atoms with Crippen molar-refractivity contribution in [3.63, 3.8) is 0 Å². The summed E-state index contributed by atoms with van der Waals surface area (Å²) in [6.07, 6.45) is 2.53. The maximum Gasteiger partial charge on any atom is 0.249 e. The van der Waals surface area contributed by atoms with Crippen molar-refractivity contribution < 1.29 is 14.3 Å². The molecule has 2 aromatic rings. The Kier molecular flexibility index (Phi) is 4.86. The van der Waals surface area contributed by atoms with E-state index in [1.54, 1.807) is 7.11 Å². The minimum Gasteiger partial charge on any atom is -0.497 e. The summed E-state index contributed by atoms with van der Waals surface area (Å²) in [7, 11) is 1.65. The van der Waals surface area contributed by atoms with Crippen LogP contribution in [0.2, 0.25) is 0 Å². The van der Waals surface area contributed by atoms with Crippen LogP contribution in [-0.2, 0) is 22.5 Å². The Morgan fingerprint density at radius 2 is 1.96 bits per heavy atom. The van der Waals surface area contributed by atoms with E-state index in [2.05, 4.69) is 5.10 Å². The molecule has 144 valence electrons. The van der Waals surface area contributed by atoms with Crippen molar-refractivity contribution in [2.24, 2.45) is 0 Å². The van der Waals surface area contributed by atoms with Gasteiger partial charge in [-0.05, 0) is 37.5 Å². The molecular formula is C20H26N4O3. The van der Waals surface area contributed by atoms with Gasteiger partial charge < -0.3 is 14.4 Å². The van der Waals surface area contributed by atoms with Crippen LogP contribution in [0.4, 0.5) is 0 Å². The normalized spacial score (nSPS) is 22.9. The van der Waals surface area contributed by atoms with Gasteiger partial charge in [0.2, 0.25) is 5.91 Å². The zero-order chi connectivity index (χ0) is 19.0. The molecule has 2 atom stereocenters. The van der Waals surface area contributed by atoms with Crippen molar-refractivity contribution in [1.82, 2.24) is 19.7 Å². The summed E-state index contributed by atoms with van der Waals surface area (Å²) >= 11 is 0. The molecule has 7 heteroatoms. The highest BCUT2D eigenvalue weighted by Gasteiger charge is 2.47. The fourth-order valence-electron chi connectivity index (χ4n) is 3.76. The molecule has 7 nitrogen and oxygen atoms in total. The van der Waals surface area contributed by atoms with Gasteiger partial charge in [0.1, 0.15) is 18.5 Å². The van der Waals surface area contributed by atoms with E-state index in [0.29, 0.717) is 6.04 Å². The van der Waals surface area contributed by atoms with Crippen LogP contribution in [0.5, 0.6) is 5.75 Å². The molecule has 1 amide bonds. The molecule has 1 aromatic carbocycles. The number of carbonyl (C=O) groups excluding carboxylic acids is 1. The van der Waals surface area contributed by atoms with Crippen LogP contribution in [0.25, 0.3) is 0 Å². The molecule has 1 saturated carbocycles. The first kappa shape index (κ1) is 18.0. The van der Waals surface area contributed by atoms with Gasteiger partial charge in [-0.15, -0.1) is 0 Å². The third-order valence-electron chi connectivity index (χ3n) is 5.27. The monoisotopic (exact) mass is 370 g/mol. The number of aromatic nitrogens is 3. The van der Waals surface area contributed by atoms with Crippen molar-refractivity contribution >= 4 is 5.91 Å². The SMILES string of the molecule is CCc1nc([C@H]2OCC(=O)N(C3CC3)[C@@H]2c2ccc(OC)cc2)n(CC)n1. The third-order valence-corrected chi connectivity index (χ3v) is 5.27. The number of rotatable bonds is 6. The molecule has 1 aromatic heterocycles. The minimum atomic E-state index is -0.329. The highest BCUT2D eigenvalue weighted by molar-refractivity contribution is 5.79. The summed E-state index contributed by atoms with van der Waals surface area (Å²) in [6.45, 7) is 4.90. The molecule has 0 radical (unpaired) electrons. The molecule has 4 rings (SSSR count). The van der Waals surface area contributed by atoms with Gasteiger partial charge in [-0.2, -0.15) is 5.10 Å². The molecule has 0 bridgehead atoms. The molecule has 27 heavy (non-hydrogen) atoms. The van der Waals surface area contributed by atoms with Crippen LogP contribution >= 0.6 is 0 Å². The van der Waals surface area contributed by atoms with Gasteiger partial charge >= 0.3 is 0 Å². The van der Waals surface area contributed by atoms with Crippen LogP contribution in [0.15, 0.2) is 24.3 Å². The zero-order valence-corrected chi connectivity index (χ0v) is 16.1. The third kappa shape index (κ3) is 3.32. The predicted octanol–water partition coefficient (Wildman–Crippen LogP) is 2.67. The number of methoxy groups -OCH3 is 1. The number of carbonyl (C=O) groups is 1. The van der Waals surface area contributed by atoms with Gasteiger partial charge in [-0.1, -0.05) is 19.1 Å². The summed E-state index contributed by atoms with van der Waals surface area (Å²) in [6, 6.07) is 7.98. The number of aryl methyl sites for hydroxylation is 2. The van der Waals surface area contributed by atoms with E-state index < -0.39 is 0 Å². The van der Waals surface area contributed by atoms with Crippen molar-refractivity contribution in [3.8, 4) is 5.75 Å². The summed E-state index contributed by atoms with van der Waals surface area (Å²) in [5.74, 6) is 2.45. The first-order valence-electron chi connectivity index (χ1n) is 9.66. The van der Waals surface area contributed by atoms with E-state index in [4.69, 9.17) is 14.5 Å². The standard InChI is InChI=1S/C20H26N4O3/c1-4-16-21-20(23(5-2)22-16)19-18(13-6-10-15(26-3)11-7-13)24(14-8-9-14)17(25)12-27-19/h6-7,10-11,14,18-19H,4-5,8-9,12H2,1-3H3/t18-,19+/m1/s1. The molecule has 1 saturated heterocycles. The van der Waals surface area contributed by atoms with Gasteiger partial charge in [0.25, 0.3) is 0 Å². The number of nitrogens with zero attached hydrogens (tertiary/aromatic N) is 4. The van der Waals surface area contributed by atoms with Crippen LogP contribution in [0, 0.1) is 0 Å².